The Hall–Kier alpha value is -3.39. The van der Waals surface area contributed by atoms with Crippen molar-refractivity contribution in [2.75, 3.05) is 16.2 Å². The third kappa shape index (κ3) is 4.31. The second-order valence-corrected chi connectivity index (χ2v) is 9.10. The van der Waals surface area contributed by atoms with E-state index in [0.717, 1.165) is 4.31 Å². The van der Waals surface area contributed by atoms with Crippen molar-refractivity contribution in [2.24, 2.45) is 0 Å². The third-order valence-corrected chi connectivity index (χ3v) is 6.98. The highest BCUT2D eigenvalue weighted by Crippen LogP contribution is 2.40. The molecule has 32 heavy (non-hydrogen) atoms. The Bertz CT molecular complexity index is 1230. The fourth-order valence-electron chi connectivity index (χ4n) is 3.31. The van der Waals surface area contributed by atoms with Gasteiger partial charge in [-0.1, -0.05) is 11.6 Å². The largest absolute Gasteiger partial charge is 0.486 e. The predicted octanol–water partition coefficient (Wildman–Crippen LogP) is 1.75. The zero-order valence-electron chi connectivity index (χ0n) is 16.8. The van der Waals surface area contributed by atoms with E-state index in [0.29, 0.717) is 25.2 Å². The molecule has 2 aromatic heterocycles. The van der Waals surface area contributed by atoms with Crippen molar-refractivity contribution in [2.45, 2.75) is 37.3 Å². The Kier molecular flexibility index (Phi) is 5.88. The Morgan fingerprint density at radius 2 is 2.25 bits per heavy atom. The van der Waals surface area contributed by atoms with Crippen LogP contribution in [0.25, 0.3) is 0 Å². The number of hydrogen-bond acceptors (Lipinski definition) is 8. The predicted molar refractivity (Wildman–Crippen MR) is 112 cm³/mol. The van der Waals surface area contributed by atoms with Gasteiger partial charge in [0, 0.05) is 24.8 Å². The van der Waals surface area contributed by atoms with Crippen LogP contribution in [0.4, 0.5) is 16.2 Å². The number of sulfonamides is 1. The maximum atomic E-state index is 13.6. The molecule has 15 heteroatoms. The molecule has 0 spiro atoms. The van der Waals surface area contributed by atoms with Crippen molar-refractivity contribution in [1.29, 1.82) is 0 Å². The fraction of sp³-hybridized carbons (Fsp3) is 0.353. The van der Waals surface area contributed by atoms with Crippen molar-refractivity contribution < 1.29 is 23.1 Å². The maximum Gasteiger partial charge on any atom is 0.409 e. The van der Waals surface area contributed by atoms with Gasteiger partial charge in [0.2, 0.25) is 0 Å². The molecule has 0 aliphatic carbocycles. The first-order valence-electron chi connectivity index (χ1n) is 9.57. The average Bonchev–Trinajstić information content (AvgIpc) is 3.41. The van der Waals surface area contributed by atoms with Gasteiger partial charge in [0.15, 0.2) is 5.15 Å². The number of rotatable bonds is 7. The molecule has 3 heterocycles. The molecule has 0 bridgehead atoms. The highest BCUT2D eigenvalue weighted by atomic mass is 35.5. The van der Waals surface area contributed by atoms with Gasteiger partial charge in [-0.05, 0) is 42.0 Å². The summed E-state index contributed by atoms with van der Waals surface area (Å²) < 4.78 is 35.7. The molecule has 1 aliphatic rings. The number of ether oxygens (including phenoxy) is 1. The molecule has 13 nitrogen and oxygen atoms in total. The number of H-pyrrole nitrogens is 1. The van der Waals surface area contributed by atoms with Crippen LogP contribution in [0.15, 0.2) is 29.3 Å². The summed E-state index contributed by atoms with van der Waals surface area (Å²) in [6, 6.07) is 4.40. The highest BCUT2D eigenvalue weighted by molar-refractivity contribution is 7.93. The van der Waals surface area contributed by atoms with Gasteiger partial charge in [0.25, 0.3) is 10.0 Å². The molecule has 3 N–H and O–H groups in total. The first-order valence-corrected chi connectivity index (χ1v) is 11.4. The smallest absolute Gasteiger partial charge is 0.409 e. The Morgan fingerprint density at radius 3 is 2.91 bits per heavy atom. The van der Waals surface area contributed by atoms with Gasteiger partial charge in [-0.25, -0.2) is 18.3 Å². The monoisotopic (exact) mass is 482 g/mol. The van der Waals surface area contributed by atoms with Crippen LogP contribution in [0, 0.1) is 0 Å². The number of aromatic amines is 1. The highest BCUT2D eigenvalue weighted by Gasteiger charge is 2.37. The molecule has 170 valence electrons. The SMILES string of the molecule is CCn1cc(S(=O)(=O)N2CC(CCc3nnn[nH]3)Oc3ccc(NC(=O)O)cc32)c(Cl)n1. The molecular weight excluding hydrogens is 464 g/mol. The van der Waals surface area contributed by atoms with Gasteiger partial charge in [0.05, 0.1) is 12.2 Å². The number of benzene rings is 1. The molecule has 1 aliphatic heterocycles. The van der Waals surface area contributed by atoms with E-state index in [1.807, 2.05) is 6.92 Å². The van der Waals surface area contributed by atoms with Crippen LogP contribution in [-0.2, 0) is 23.0 Å². The summed E-state index contributed by atoms with van der Waals surface area (Å²) in [6.45, 7) is 2.22. The summed E-state index contributed by atoms with van der Waals surface area (Å²) in [5.41, 5.74) is 0.385. The van der Waals surface area contributed by atoms with Crippen LogP contribution >= 0.6 is 11.6 Å². The molecule has 3 aromatic rings. The molecule has 1 amide bonds. The molecule has 1 aromatic carbocycles. The van der Waals surface area contributed by atoms with Crippen molar-refractivity contribution >= 4 is 39.1 Å². The molecule has 0 fully saturated rings. The zero-order chi connectivity index (χ0) is 22.9. The molecular formula is C17H19ClN8O5S. The summed E-state index contributed by atoms with van der Waals surface area (Å²) in [7, 11) is -4.13. The number of nitrogens with one attached hydrogen (secondary N) is 2. The van der Waals surface area contributed by atoms with Crippen molar-refractivity contribution in [1.82, 2.24) is 30.4 Å². The lowest BCUT2D eigenvalue weighted by atomic mass is 10.1. The second-order valence-electron chi connectivity index (χ2n) is 6.92. The average molecular weight is 483 g/mol. The van der Waals surface area contributed by atoms with E-state index in [2.05, 4.69) is 31.0 Å². The molecule has 0 radical (unpaired) electrons. The molecule has 4 rings (SSSR count). The van der Waals surface area contributed by atoms with E-state index in [1.54, 1.807) is 0 Å². The Morgan fingerprint density at radius 1 is 1.44 bits per heavy atom. The lowest BCUT2D eigenvalue weighted by Gasteiger charge is -2.35. The number of nitrogens with zero attached hydrogens (tertiary/aromatic N) is 6. The summed E-state index contributed by atoms with van der Waals surface area (Å²) >= 11 is 6.13. The van der Waals surface area contributed by atoms with E-state index in [4.69, 9.17) is 21.4 Å². The van der Waals surface area contributed by atoms with Crippen LogP contribution in [0.1, 0.15) is 19.2 Å². The van der Waals surface area contributed by atoms with E-state index in [1.165, 1.54) is 29.1 Å². The third-order valence-electron chi connectivity index (χ3n) is 4.81. The first kappa shape index (κ1) is 21.8. The van der Waals surface area contributed by atoms with Crippen LogP contribution < -0.4 is 14.4 Å². The standard InChI is InChI=1S/C17H19ClN8O5S/c1-2-25-9-14(16(18)22-25)32(29,30)26-8-11(4-6-15-20-23-24-21-15)31-13-5-3-10(7-12(13)26)19-17(27)28/h3,5,7,9,11,19H,2,4,6,8H2,1H3,(H,27,28)(H,20,21,23,24). The number of halogens is 1. The maximum absolute atomic E-state index is 13.6. The van der Waals surface area contributed by atoms with Gasteiger partial charge in [-0.2, -0.15) is 5.10 Å². The minimum absolute atomic E-state index is 0.0267. The number of aromatic nitrogens is 6. The van der Waals surface area contributed by atoms with E-state index in [9.17, 15) is 13.2 Å². The summed E-state index contributed by atoms with van der Waals surface area (Å²) in [4.78, 5) is 10.9. The number of carbonyl (C=O) groups is 1. The van der Waals surface area contributed by atoms with E-state index >= 15 is 0 Å². The van der Waals surface area contributed by atoms with E-state index in [-0.39, 0.29) is 33.7 Å². The van der Waals surface area contributed by atoms with Crippen LogP contribution in [0.2, 0.25) is 5.15 Å². The number of tetrazole rings is 1. The molecule has 1 atom stereocenters. The molecule has 1 unspecified atom stereocenters. The van der Waals surface area contributed by atoms with Gasteiger partial charge >= 0.3 is 6.09 Å². The quantitative estimate of drug-likeness (QED) is 0.454. The summed E-state index contributed by atoms with van der Waals surface area (Å²) in [5, 5.41) is 28.6. The molecule has 0 saturated heterocycles. The van der Waals surface area contributed by atoms with Crippen molar-refractivity contribution in [3.63, 3.8) is 0 Å². The normalized spacial score (nSPS) is 15.8. The summed E-state index contributed by atoms with van der Waals surface area (Å²) in [5.74, 6) is 0.831. The molecule has 0 saturated carbocycles. The number of amides is 1. The van der Waals surface area contributed by atoms with Crippen LogP contribution in [0.5, 0.6) is 5.75 Å². The van der Waals surface area contributed by atoms with Gasteiger partial charge in [-0.3, -0.25) is 14.3 Å². The van der Waals surface area contributed by atoms with Gasteiger partial charge < -0.3 is 9.84 Å². The van der Waals surface area contributed by atoms with E-state index < -0.39 is 22.2 Å². The topological polar surface area (TPSA) is 168 Å². The Balaban J connectivity index is 1.71. The number of aryl methyl sites for hydroxylation is 2. The fourth-order valence-corrected chi connectivity index (χ4v) is 5.26. The summed E-state index contributed by atoms with van der Waals surface area (Å²) in [6.07, 6.45) is 0.442. The first-order chi connectivity index (χ1) is 15.3. The number of fused-ring (bicyclic) bond motifs is 1. The number of anilines is 2. The van der Waals surface area contributed by atoms with Gasteiger partial charge in [0.1, 0.15) is 22.6 Å². The minimum Gasteiger partial charge on any atom is -0.486 e. The van der Waals surface area contributed by atoms with Crippen molar-refractivity contribution in [3.8, 4) is 5.75 Å². The van der Waals surface area contributed by atoms with Gasteiger partial charge in [-0.15, -0.1) is 5.10 Å². The van der Waals surface area contributed by atoms with Crippen LogP contribution in [-0.4, -0.2) is 62.7 Å². The minimum atomic E-state index is -4.13. The number of carboxylic acid groups (broad SMARTS) is 1. The second kappa shape index (κ2) is 8.63. The zero-order valence-corrected chi connectivity index (χ0v) is 18.3. The van der Waals surface area contributed by atoms with Crippen molar-refractivity contribution in [3.05, 3.63) is 35.4 Å². The number of hydrogen-bond donors (Lipinski definition) is 3. The van der Waals surface area contributed by atoms with Crippen LogP contribution in [0.3, 0.4) is 0 Å². The lowest BCUT2D eigenvalue weighted by molar-refractivity contribution is 0.189. The lowest BCUT2D eigenvalue weighted by Crippen LogP contribution is -2.43. The Labute approximate surface area is 187 Å².